The number of anilines is 1. The van der Waals surface area contributed by atoms with Gasteiger partial charge in [0.15, 0.2) is 0 Å². The van der Waals surface area contributed by atoms with Gasteiger partial charge < -0.3 is 15.0 Å². The Morgan fingerprint density at radius 3 is 2.75 bits per heavy atom. The molecular weight excluding hydrogens is 324 g/mol. The Kier molecular flexibility index (Phi) is 4.24. The second kappa shape index (κ2) is 5.92. The maximum absolute atomic E-state index is 11.9. The first kappa shape index (κ1) is 14.3. The molecule has 1 amide bonds. The van der Waals surface area contributed by atoms with Gasteiger partial charge in [-0.3, -0.25) is 9.59 Å². The summed E-state index contributed by atoms with van der Waals surface area (Å²) in [5.74, 6) is -0.300. The lowest BCUT2D eigenvalue weighted by atomic mass is 10.1. The van der Waals surface area contributed by atoms with E-state index in [0.717, 1.165) is 0 Å². The SMILES string of the molecule is Cn1cc(Br)c(=O)c(NC(=O)Cc2ccccc2O)c1. The predicted molar refractivity (Wildman–Crippen MR) is 79.8 cm³/mol. The van der Waals surface area contributed by atoms with Gasteiger partial charge in [-0.2, -0.15) is 0 Å². The predicted octanol–water partition coefficient (Wildman–Crippen LogP) is 2.03. The third-order valence-electron chi connectivity index (χ3n) is 2.73. The standard InChI is InChI=1S/C14H13BrN2O3/c1-17-7-10(15)14(20)11(8-17)16-13(19)6-9-4-2-3-5-12(9)18/h2-5,7-8,18H,6H2,1H3,(H,16,19). The Balaban J connectivity index is 2.17. The zero-order chi connectivity index (χ0) is 14.7. The van der Waals surface area contributed by atoms with Crippen LogP contribution >= 0.6 is 15.9 Å². The van der Waals surface area contributed by atoms with Crippen molar-refractivity contribution in [2.75, 3.05) is 5.32 Å². The third kappa shape index (κ3) is 3.27. The van der Waals surface area contributed by atoms with Gasteiger partial charge in [-0.25, -0.2) is 0 Å². The van der Waals surface area contributed by atoms with Crippen molar-refractivity contribution in [1.82, 2.24) is 4.57 Å². The minimum Gasteiger partial charge on any atom is -0.508 e. The largest absolute Gasteiger partial charge is 0.508 e. The minimum atomic E-state index is -0.360. The zero-order valence-corrected chi connectivity index (χ0v) is 12.3. The van der Waals surface area contributed by atoms with Crippen LogP contribution in [0.5, 0.6) is 5.75 Å². The second-order valence-corrected chi connectivity index (χ2v) is 5.22. The number of para-hydroxylation sites is 1. The number of benzene rings is 1. The van der Waals surface area contributed by atoms with Gasteiger partial charge in [-0.1, -0.05) is 18.2 Å². The van der Waals surface area contributed by atoms with Gasteiger partial charge in [0, 0.05) is 25.0 Å². The van der Waals surface area contributed by atoms with Gasteiger partial charge in [0.1, 0.15) is 11.4 Å². The van der Waals surface area contributed by atoms with Crippen LogP contribution < -0.4 is 10.7 Å². The van der Waals surface area contributed by atoms with E-state index in [2.05, 4.69) is 21.2 Å². The number of carbonyl (C=O) groups excluding carboxylic acids is 1. The summed E-state index contributed by atoms with van der Waals surface area (Å²) in [4.78, 5) is 23.8. The Hall–Kier alpha value is -2.08. The molecule has 0 aliphatic rings. The quantitative estimate of drug-likeness (QED) is 0.900. The number of aryl methyl sites for hydroxylation is 1. The zero-order valence-electron chi connectivity index (χ0n) is 10.8. The monoisotopic (exact) mass is 336 g/mol. The number of pyridine rings is 1. The average molecular weight is 337 g/mol. The molecule has 0 unspecified atom stereocenters. The minimum absolute atomic E-state index is 0.00232. The number of nitrogens with one attached hydrogen (secondary N) is 1. The van der Waals surface area contributed by atoms with E-state index in [4.69, 9.17) is 0 Å². The first-order valence-corrected chi connectivity index (χ1v) is 6.69. The highest BCUT2D eigenvalue weighted by molar-refractivity contribution is 9.10. The highest BCUT2D eigenvalue weighted by atomic mass is 79.9. The Bertz CT molecular complexity index is 710. The summed E-state index contributed by atoms with van der Waals surface area (Å²) < 4.78 is 2.04. The summed E-state index contributed by atoms with van der Waals surface area (Å²) >= 11 is 3.14. The van der Waals surface area contributed by atoms with E-state index in [1.807, 2.05) is 0 Å². The van der Waals surface area contributed by atoms with Crippen LogP contribution in [-0.2, 0) is 18.3 Å². The van der Waals surface area contributed by atoms with Gasteiger partial charge in [-0.05, 0) is 22.0 Å². The number of hydrogen-bond acceptors (Lipinski definition) is 3. The fraction of sp³-hybridized carbons (Fsp3) is 0.143. The molecule has 0 radical (unpaired) electrons. The molecule has 0 aliphatic carbocycles. The van der Waals surface area contributed by atoms with Crippen LogP contribution in [0.2, 0.25) is 0 Å². The van der Waals surface area contributed by atoms with Gasteiger partial charge in [0.25, 0.3) is 0 Å². The van der Waals surface area contributed by atoms with Gasteiger partial charge >= 0.3 is 0 Å². The molecule has 0 bridgehead atoms. The third-order valence-corrected chi connectivity index (χ3v) is 3.29. The van der Waals surface area contributed by atoms with Crippen molar-refractivity contribution < 1.29 is 9.90 Å². The summed E-state index contributed by atoms with van der Waals surface area (Å²) in [6.45, 7) is 0. The van der Waals surface area contributed by atoms with E-state index in [1.165, 1.54) is 12.3 Å². The number of nitrogens with zero attached hydrogens (tertiary/aromatic N) is 1. The normalized spacial score (nSPS) is 10.3. The van der Waals surface area contributed by atoms with Crippen molar-refractivity contribution in [2.24, 2.45) is 7.05 Å². The van der Waals surface area contributed by atoms with Crippen molar-refractivity contribution in [3.63, 3.8) is 0 Å². The summed E-state index contributed by atoms with van der Waals surface area (Å²) in [5.41, 5.74) is 0.424. The average Bonchev–Trinajstić information content (AvgIpc) is 2.38. The van der Waals surface area contributed by atoms with Gasteiger partial charge in [0.2, 0.25) is 11.3 Å². The topological polar surface area (TPSA) is 71.3 Å². The highest BCUT2D eigenvalue weighted by Gasteiger charge is 2.11. The molecule has 0 saturated heterocycles. The lowest BCUT2D eigenvalue weighted by Gasteiger charge is -2.08. The van der Waals surface area contributed by atoms with E-state index < -0.39 is 0 Å². The number of hydrogen-bond donors (Lipinski definition) is 2. The summed E-state index contributed by atoms with van der Waals surface area (Å²) in [6.07, 6.45) is 3.15. The van der Waals surface area contributed by atoms with Crippen molar-refractivity contribution in [2.45, 2.75) is 6.42 Å². The number of carbonyl (C=O) groups is 1. The lowest BCUT2D eigenvalue weighted by Crippen LogP contribution is -2.21. The van der Waals surface area contributed by atoms with Crippen molar-refractivity contribution in [3.8, 4) is 5.75 Å². The molecule has 0 spiro atoms. The Morgan fingerprint density at radius 2 is 2.05 bits per heavy atom. The molecule has 2 aromatic rings. The summed E-state index contributed by atoms with van der Waals surface area (Å²) in [6, 6.07) is 6.59. The summed E-state index contributed by atoms with van der Waals surface area (Å²) in [7, 11) is 1.75. The highest BCUT2D eigenvalue weighted by Crippen LogP contribution is 2.16. The summed E-state index contributed by atoms with van der Waals surface area (Å²) in [5, 5.41) is 12.2. The van der Waals surface area contributed by atoms with Crippen LogP contribution in [0.3, 0.4) is 0 Å². The first-order valence-electron chi connectivity index (χ1n) is 5.90. The molecule has 5 nitrogen and oxygen atoms in total. The molecule has 104 valence electrons. The van der Waals surface area contributed by atoms with Crippen LogP contribution in [0.1, 0.15) is 5.56 Å². The van der Waals surface area contributed by atoms with E-state index in [9.17, 15) is 14.7 Å². The number of phenols is 1. The van der Waals surface area contributed by atoms with E-state index in [1.54, 1.807) is 36.0 Å². The molecule has 1 aromatic carbocycles. The Labute approximate surface area is 124 Å². The molecule has 6 heteroatoms. The van der Waals surface area contributed by atoms with Crippen molar-refractivity contribution in [3.05, 3.63) is 56.9 Å². The number of aromatic nitrogens is 1. The van der Waals surface area contributed by atoms with Crippen LogP contribution in [0.15, 0.2) is 45.9 Å². The van der Waals surface area contributed by atoms with Crippen LogP contribution in [0.4, 0.5) is 5.69 Å². The molecule has 0 fully saturated rings. The molecule has 1 heterocycles. The lowest BCUT2D eigenvalue weighted by molar-refractivity contribution is -0.115. The first-order chi connectivity index (χ1) is 9.47. The number of amides is 1. The van der Waals surface area contributed by atoms with Crippen molar-refractivity contribution >= 4 is 27.5 Å². The second-order valence-electron chi connectivity index (χ2n) is 4.37. The maximum Gasteiger partial charge on any atom is 0.229 e. The number of phenolic OH excluding ortho intramolecular Hbond substituents is 1. The molecule has 0 saturated carbocycles. The van der Waals surface area contributed by atoms with E-state index >= 15 is 0 Å². The number of aromatic hydroxyl groups is 1. The van der Waals surface area contributed by atoms with Gasteiger partial charge in [-0.15, -0.1) is 0 Å². The van der Waals surface area contributed by atoms with Crippen molar-refractivity contribution in [1.29, 1.82) is 0 Å². The van der Waals surface area contributed by atoms with Crippen LogP contribution in [-0.4, -0.2) is 15.6 Å². The van der Waals surface area contributed by atoms with Gasteiger partial charge in [0.05, 0.1) is 10.9 Å². The smallest absolute Gasteiger partial charge is 0.229 e. The van der Waals surface area contributed by atoms with Crippen LogP contribution in [0, 0.1) is 0 Å². The fourth-order valence-electron chi connectivity index (χ4n) is 1.78. The molecule has 0 atom stereocenters. The molecular formula is C14H13BrN2O3. The molecule has 20 heavy (non-hydrogen) atoms. The number of halogens is 1. The molecule has 2 N–H and O–H groups in total. The fourth-order valence-corrected chi connectivity index (χ4v) is 2.32. The van der Waals surface area contributed by atoms with Crippen LogP contribution in [0.25, 0.3) is 0 Å². The number of rotatable bonds is 3. The molecule has 1 aromatic heterocycles. The molecule has 2 rings (SSSR count). The Morgan fingerprint density at radius 1 is 1.35 bits per heavy atom. The van der Waals surface area contributed by atoms with E-state index in [-0.39, 0.29) is 29.2 Å². The maximum atomic E-state index is 11.9. The molecule has 0 aliphatic heterocycles. The van der Waals surface area contributed by atoms with E-state index in [0.29, 0.717) is 10.0 Å².